The summed E-state index contributed by atoms with van der Waals surface area (Å²) >= 11 is 12.5. The van der Waals surface area contributed by atoms with Crippen LogP contribution in [0.1, 0.15) is 11.1 Å². The number of urea groups is 1. The molecule has 1 fully saturated rings. The van der Waals surface area contributed by atoms with Crippen LogP contribution in [0.2, 0.25) is 10.0 Å². The van der Waals surface area contributed by atoms with Crippen molar-refractivity contribution in [3.63, 3.8) is 0 Å². The Kier molecular flexibility index (Phi) is 7.25. The summed E-state index contributed by atoms with van der Waals surface area (Å²) in [7, 11) is 0. The molecule has 6 nitrogen and oxygen atoms in total. The summed E-state index contributed by atoms with van der Waals surface area (Å²) in [6.07, 6.45) is 1.54. The van der Waals surface area contributed by atoms with Crippen LogP contribution in [-0.4, -0.2) is 22.4 Å². The minimum atomic E-state index is -0.834. The lowest BCUT2D eigenvalue weighted by molar-refractivity contribution is -0.122. The van der Waals surface area contributed by atoms with E-state index in [4.69, 9.17) is 23.2 Å². The molecule has 6 rings (SSSR count). The van der Waals surface area contributed by atoms with Gasteiger partial charge in [0.15, 0.2) is 0 Å². The first kappa shape index (κ1) is 27.3. The van der Waals surface area contributed by atoms with E-state index in [1.54, 1.807) is 25.1 Å². The highest BCUT2D eigenvalue weighted by molar-refractivity contribution is 6.40. The summed E-state index contributed by atoms with van der Waals surface area (Å²) in [5.74, 6) is -1.52. The van der Waals surface area contributed by atoms with Gasteiger partial charge in [0.05, 0.1) is 17.1 Å². The van der Waals surface area contributed by atoms with Crippen molar-refractivity contribution in [2.75, 3.05) is 4.90 Å². The first-order valence-corrected chi connectivity index (χ1v) is 13.9. The highest BCUT2D eigenvalue weighted by atomic mass is 35.5. The van der Waals surface area contributed by atoms with Gasteiger partial charge in [-0.15, -0.1) is 0 Å². The second kappa shape index (κ2) is 11.2. The topological polar surface area (TPSA) is 71.4 Å². The maximum atomic E-state index is 13.8. The lowest BCUT2D eigenvalue weighted by Crippen LogP contribution is -2.54. The van der Waals surface area contributed by atoms with Gasteiger partial charge in [0.2, 0.25) is 0 Å². The number of hydrogen-bond donors (Lipinski definition) is 1. The fourth-order valence-corrected chi connectivity index (χ4v) is 5.38. The molecule has 8 heteroatoms. The van der Waals surface area contributed by atoms with Gasteiger partial charge < -0.3 is 4.57 Å². The number of aromatic nitrogens is 1. The lowest BCUT2D eigenvalue weighted by Gasteiger charge is -2.27. The van der Waals surface area contributed by atoms with E-state index >= 15 is 0 Å². The van der Waals surface area contributed by atoms with E-state index in [0.29, 0.717) is 26.9 Å². The largest absolute Gasteiger partial charge is 0.335 e. The molecule has 2 heterocycles. The van der Waals surface area contributed by atoms with Gasteiger partial charge in [-0.05, 0) is 72.2 Å². The Balaban J connectivity index is 1.60. The highest BCUT2D eigenvalue weighted by Crippen LogP contribution is 2.38. The van der Waals surface area contributed by atoms with Gasteiger partial charge in [0.1, 0.15) is 5.57 Å². The molecule has 4 aromatic carbocycles. The molecule has 1 aliphatic rings. The Bertz CT molecular complexity index is 1880. The molecule has 42 heavy (non-hydrogen) atoms. The third-order valence-corrected chi connectivity index (χ3v) is 7.77. The number of hydrogen-bond acceptors (Lipinski definition) is 3. The number of halogens is 2. The molecule has 0 unspecified atom stereocenters. The van der Waals surface area contributed by atoms with Gasteiger partial charge in [-0.25, -0.2) is 9.69 Å². The number of barbiturate groups is 1. The SMILES string of the molecule is Cc1c(Cl)cccc1N1C(=O)NC(=O)/C(=C/c2cc(-c3ccccc3)n(-c3ccc(Cl)cc3)c2-c2ccccc2)C1=O. The molecular weight excluding hydrogens is 569 g/mol. The van der Waals surface area contributed by atoms with Gasteiger partial charge >= 0.3 is 6.03 Å². The summed E-state index contributed by atoms with van der Waals surface area (Å²) in [5, 5.41) is 3.32. The van der Waals surface area contributed by atoms with E-state index in [9.17, 15) is 14.4 Å². The van der Waals surface area contributed by atoms with E-state index in [1.807, 2.05) is 91.0 Å². The zero-order valence-corrected chi connectivity index (χ0v) is 23.9. The maximum Gasteiger partial charge on any atom is 0.335 e. The van der Waals surface area contributed by atoms with Crippen LogP contribution in [0.3, 0.4) is 0 Å². The van der Waals surface area contributed by atoms with Crippen molar-refractivity contribution in [1.82, 2.24) is 9.88 Å². The first-order chi connectivity index (χ1) is 20.3. The maximum absolute atomic E-state index is 13.8. The Morgan fingerprint density at radius 2 is 1.38 bits per heavy atom. The summed E-state index contributed by atoms with van der Waals surface area (Å²) in [5.41, 5.74) is 5.51. The molecule has 0 spiro atoms. The Labute approximate surface area is 252 Å². The molecule has 0 aliphatic carbocycles. The van der Waals surface area contributed by atoms with Crippen molar-refractivity contribution in [3.8, 4) is 28.2 Å². The van der Waals surface area contributed by atoms with Crippen LogP contribution in [0, 0.1) is 6.92 Å². The zero-order valence-electron chi connectivity index (χ0n) is 22.3. The van der Waals surface area contributed by atoms with Crippen LogP contribution < -0.4 is 10.2 Å². The molecule has 206 valence electrons. The first-order valence-electron chi connectivity index (χ1n) is 13.1. The second-order valence-electron chi connectivity index (χ2n) is 9.72. The number of nitrogens with one attached hydrogen (secondary N) is 1. The summed E-state index contributed by atoms with van der Waals surface area (Å²) in [6, 6.07) is 33.0. The molecule has 1 saturated heterocycles. The monoisotopic (exact) mass is 591 g/mol. The van der Waals surface area contributed by atoms with Crippen LogP contribution in [0.5, 0.6) is 0 Å². The van der Waals surface area contributed by atoms with Crippen molar-refractivity contribution < 1.29 is 14.4 Å². The molecular formula is C34H23Cl2N3O3. The predicted molar refractivity (Wildman–Crippen MR) is 167 cm³/mol. The minimum absolute atomic E-state index is 0.181. The third kappa shape index (κ3) is 4.91. The van der Waals surface area contributed by atoms with E-state index in [2.05, 4.69) is 9.88 Å². The van der Waals surface area contributed by atoms with E-state index in [0.717, 1.165) is 33.1 Å². The third-order valence-electron chi connectivity index (χ3n) is 7.11. The molecule has 5 aromatic rings. The fourth-order valence-electron chi connectivity index (χ4n) is 5.08. The number of carbonyl (C=O) groups excluding carboxylic acids is 3. The van der Waals surface area contributed by atoms with Gasteiger partial charge in [-0.3, -0.25) is 14.9 Å². The average molecular weight is 592 g/mol. The van der Waals surface area contributed by atoms with Crippen molar-refractivity contribution in [1.29, 1.82) is 0 Å². The number of nitrogens with zero attached hydrogens (tertiary/aromatic N) is 2. The van der Waals surface area contributed by atoms with Gasteiger partial charge in [-0.2, -0.15) is 0 Å². The van der Waals surface area contributed by atoms with Crippen LogP contribution in [0.15, 0.2) is 115 Å². The van der Waals surface area contributed by atoms with Crippen LogP contribution >= 0.6 is 23.2 Å². The molecule has 1 aliphatic heterocycles. The Morgan fingerprint density at radius 1 is 0.738 bits per heavy atom. The summed E-state index contributed by atoms with van der Waals surface area (Å²) in [4.78, 5) is 40.9. The predicted octanol–water partition coefficient (Wildman–Crippen LogP) is 8.09. The molecule has 0 bridgehead atoms. The van der Waals surface area contributed by atoms with E-state index in [1.165, 1.54) is 6.08 Å². The van der Waals surface area contributed by atoms with Crippen molar-refractivity contribution in [2.24, 2.45) is 0 Å². The number of carbonyl (C=O) groups is 3. The quantitative estimate of drug-likeness (QED) is 0.166. The van der Waals surface area contributed by atoms with E-state index in [-0.39, 0.29) is 5.57 Å². The van der Waals surface area contributed by atoms with Crippen molar-refractivity contribution >= 4 is 52.8 Å². The standard InChI is InChI=1S/C34H23Cl2N3O3/c1-21-28(36)13-8-14-29(21)39-33(41)27(32(40)37-34(39)42)19-24-20-30(22-9-4-2-5-10-22)38(26-17-15-25(35)16-18-26)31(24)23-11-6-3-7-12-23/h2-20H,1H3,(H,37,40,42)/b27-19-. The number of rotatable bonds is 5. The Morgan fingerprint density at radius 3 is 2.05 bits per heavy atom. The molecule has 1 N–H and O–H groups in total. The number of anilines is 1. The van der Waals surface area contributed by atoms with Crippen molar-refractivity contribution in [3.05, 3.63) is 136 Å². The summed E-state index contributed by atoms with van der Waals surface area (Å²) < 4.78 is 2.07. The molecule has 4 amide bonds. The van der Waals surface area contributed by atoms with Gasteiger partial charge in [0.25, 0.3) is 11.8 Å². The number of imide groups is 2. The number of benzene rings is 4. The van der Waals surface area contributed by atoms with E-state index < -0.39 is 17.8 Å². The zero-order chi connectivity index (χ0) is 29.4. The van der Waals surface area contributed by atoms with Gasteiger partial charge in [-0.1, -0.05) is 89.9 Å². The average Bonchev–Trinajstić information content (AvgIpc) is 3.38. The highest BCUT2D eigenvalue weighted by Gasteiger charge is 2.38. The Hall–Kier alpha value is -4.91. The molecule has 0 saturated carbocycles. The minimum Gasteiger partial charge on any atom is -0.309 e. The molecule has 0 radical (unpaired) electrons. The van der Waals surface area contributed by atoms with Crippen molar-refractivity contribution in [2.45, 2.75) is 6.92 Å². The summed E-state index contributed by atoms with van der Waals surface area (Å²) in [6.45, 7) is 1.71. The van der Waals surface area contributed by atoms with Gasteiger partial charge in [0, 0.05) is 21.3 Å². The lowest BCUT2D eigenvalue weighted by atomic mass is 10.0. The normalized spacial score (nSPS) is 14.4. The van der Waals surface area contributed by atoms with Crippen LogP contribution in [0.4, 0.5) is 10.5 Å². The van der Waals surface area contributed by atoms with Crippen LogP contribution in [-0.2, 0) is 9.59 Å². The molecule has 1 aromatic heterocycles. The smallest absolute Gasteiger partial charge is 0.309 e. The fraction of sp³-hybridized carbons (Fsp3) is 0.0294. The molecule has 0 atom stereocenters. The van der Waals surface area contributed by atoms with Crippen LogP contribution in [0.25, 0.3) is 34.3 Å². The number of amides is 4. The second-order valence-corrected chi connectivity index (χ2v) is 10.6.